The first kappa shape index (κ1) is 16.7. The van der Waals surface area contributed by atoms with Crippen molar-refractivity contribution in [3.63, 3.8) is 0 Å². The van der Waals surface area contributed by atoms with Gasteiger partial charge in [-0.3, -0.25) is 0 Å². The van der Waals surface area contributed by atoms with E-state index in [4.69, 9.17) is 10.5 Å². The van der Waals surface area contributed by atoms with Gasteiger partial charge in [-0.1, -0.05) is 18.2 Å². The molecule has 0 radical (unpaired) electrons. The van der Waals surface area contributed by atoms with Crippen LogP contribution in [0.5, 0.6) is 5.75 Å². The molecule has 114 valence electrons. The van der Waals surface area contributed by atoms with E-state index in [9.17, 15) is 17.6 Å². The minimum absolute atomic E-state index is 0.0461. The van der Waals surface area contributed by atoms with Crippen LogP contribution >= 0.6 is 0 Å². The summed E-state index contributed by atoms with van der Waals surface area (Å²) in [6, 6.07) is 5.14. The first-order valence-corrected chi connectivity index (χ1v) is 6.05. The van der Waals surface area contributed by atoms with Crippen molar-refractivity contribution in [3.8, 4) is 5.75 Å². The lowest BCUT2D eigenvalue weighted by Gasteiger charge is -2.27. The number of para-hydroxylation sites is 1. The molecule has 1 unspecified atom stereocenters. The van der Waals surface area contributed by atoms with Crippen LogP contribution in [0, 0.1) is 0 Å². The highest BCUT2D eigenvalue weighted by atomic mass is 19.4. The Morgan fingerprint density at radius 3 is 2.35 bits per heavy atom. The second kappa shape index (κ2) is 6.90. The van der Waals surface area contributed by atoms with Gasteiger partial charge in [-0.2, -0.15) is 0 Å². The van der Waals surface area contributed by atoms with Crippen LogP contribution in [0.2, 0.25) is 0 Å². The number of hydrogen-bond acceptors (Lipinski definition) is 3. The van der Waals surface area contributed by atoms with E-state index in [0.717, 1.165) is 6.07 Å². The third kappa shape index (κ3) is 4.64. The summed E-state index contributed by atoms with van der Waals surface area (Å²) in [5.41, 5.74) is 3.07. The molecule has 0 spiro atoms. The summed E-state index contributed by atoms with van der Waals surface area (Å²) in [5, 5.41) is 0. The van der Waals surface area contributed by atoms with Gasteiger partial charge < -0.3 is 15.2 Å². The van der Waals surface area contributed by atoms with Crippen molar-refractivity contribution in [2.75, 3.05) is 20.3 Å². The number of halogens is 4. The molecule has 2 N–H and O–H groups in total. The maximum Gasteiger partial charge on any atom is 0.573 e. The van der Waals surface area contributed by atoms with E-state index < -0.39 is 17.8 Å². The topological polar surface area (TPSA) is 44.5 Å². The average molecular weight is 295 g/mol. The molecule has 1 rings (SSSR count). The summed E-state index contributed by atoms with van der Waals surface area (Å²) in [6.07, 6.45) is -4.60. The fraction of sp³-hybridized carbons (Fsp3) is 0.538. The number of nitrogens with two attached hydrogens (primary N) is 1. The lowest BCUT2D eigenvalue weighted by atomic mass is 9.91. The molecule has 7 heteroatoms. The average Bonchev–Trinajstić information content (AvgIpc) is 2.35. The number of alkyl halides is 4. The van der Waals surface area contributed by atoms with Crippen LogP contribution < -0.4 is 10.5 Å². The van der Waals surface area contributed by atoms with E-state index in [1.54, 1.807) is 0 Å². The Hall–Kier alpha value is -1.34. The Morgan fingerprint density at radius 1 is 1.15 bits per heavy atom. The lowest BCUT2D eigenvalue weighted by Crippen LogP contribution is -2.29. The molecule has 1 atom stereocenters. The largest absolute Gasteiger partial charge is 0.573 e. The molecule has 0 aliphatic rings. The lowest BCUT2D eigenvalue weighted by molar-refractivity contribution is -0.275. The fourth-order valence-electron chi connectivity index (χ4n) is 1.95. The van der Waals surface area contributed by atoms with Crippen molar-refractivity contribution in [3.05, 3.63) is 29.8 Å². The number of hydrogen-bond donors (Lipinski definition) is 1. The molecule has 0 aliphatic carbocycles. The standard InChI is InChI=1S/C13H17F4NO2/c1-19-9-12(14,7-4-8-18)10-5-2-3-6-11(10)20-13(15,16)17/h2-3,5-6H,4,7-9,18H2,1H3. The molecule has 20 heavy (non-hydrogen) atoms. The Morgan fingerprint density at radius 2 is 1.80 bits per heavy atom. The highest BCUT2D eigenvalue weighted by molar-refractivity contribution is 5.38. The molecule has 0 saturated heterocycles. The van der Waals surface area contributed by atoms with E-state index in [1.807, 2.05) is 0 Å². The van der Waals surface area contributed by atoms with Crippen molar-refractivity contribution in [1.29, 1.82) is 0 Å². The third-order valence-corrected chi connectivity index (χ3v) is 2.75. The molecule has 1 aromatic rings. The van der Waals surface area contributed by atoms with E-state index >= 15 is 0 Å². The maximum absolute atomic E-state index is 14.9. The van der Waals surface area contributed by atoms with E-state index in [-0.39, 0.29) is 25.1 Å². The van der Waals surface area contributed by atoms with Crippen LogP contribution in [-0.4, -0.2) is 26.6 Å². The molecule has 0 aliphatic heterocycles. The Kier molecular flexibility index (Phi) is 5.76. The Bertz CT molecular complexity index is 425. The van der Waals surface area contributed by atoms with Crippen LogP contribution in [0.1, 0.15) is 18.4 Å². The SMILES string of the molecule is COCC(F)(CCCN)c1ccccc1OC(F)(F)F. The number of methoxy groups -OCH3 is 1. The summed E-state index contributed by atoms with van der Waals surface area (Å²) >= 11 is 0. The highest BCUT2D eigenvalue weighted by Gasteiger charge is 2.38. The predicted octanol–water partition coefficient (Wildman–Crippen LogP) is 3.14. The zero-order valence-corrected chi connectivity index (χ0v) is 11.0. The van der Waals surface area contributed by atoms with E-state index in [2.05, 4.69) is 4.74 Å². The van der Waals surface area contributed by atoms with Crippen LogP contribution in [0.4, 0.5) is 17.6 Å². The van der Waals surface area contributed by atoms with Crippen LogP contribution in [0.3, 0.4) is 0 Å². The molecule has 0 amide bonds. The molecule has 0 bridgehead atoms. The molecule has 0 fully saturated rings. The van der Waals surface area contributed by atoms with Gasteiger partial charge in [0, 0.05) is 12.7 Å². The first-order chi connectivity index (χ1) is 9.32. The molecule has 0 saturated carbocycles. The van der Waals surface area contributed by atoms with Gasteiger partial charge in [0.2, 0.25) is 0 Å². The molecule has 0 heterocycles. The van der Waals surface area contributed by atoms with E-state index in [0.29, 0.717) is 6.42 Å². The summed E-state index contributed by atoms with van der Waals surface area (Å²) in [6.45, 7) is -0.136. The smallest absolute Gasteiger partial charge is 0.405 e. The monoisotopic (exact) mass is 295 g/mol. The molecular weight excluding hydrogens is 278 g/mol. The summed E-state index contributed by atoms with van der Waals surface area (Å²) < 4.78 is 60.6. The number of benzene rings is 1. The molecular formula is C13H17F4NO2. The minimum Gasteiger partial charge on any atom is -0.405 e. The third-order valence-electron chi connectivity index (χ3n) is 2.75. The zero-order valence-electron chi connectivity index (χ0n) is 11.0. The zero-order chi connectivity index (χ0) is 15.2. The fourth-order valence-corrected chi connectivity index (χ4v) is 1.95. The molecule has 3 nitrogen and oxygen atoms in total. The second-order valence-corrected chi connectivity index (χ2v) is 4.33. The van der Waals surface area contributed by atoms with E-state index in [1.165, 1.54) is 25.3 Å². The summed E-state index contributed by atoms with van der Waals surface area (Å²) in [5.74, 6) is -0.559. The van der Waals surface area contributed by atoms with Crippen molar-refractivity contribution in [2.45, 2.75) is 24.9 Å². The van der Waals surface area contributed by atoms with Crippen molar-refractivity contribution in [1.82, 2.24) is 0 Å². The van der Waals surface area contributed by atoms with Gasteiger partial charge in [0.25, 0.3) is 0 Å². The van der Waals surface area contributed by atoms with Crippen LogP contribution in [0.25, 0.3) is 0 Å². The molecule has 1 aromatic carbocycles. The first-order valence-electron chi connectivity index (χ1n) is 6.05. The van der Waals surface area contributed by atoms with Crippen molar-refractivity contribution < 1.29 is 27.0 Å². The normalized spacial score (nSPS) is 14.9. The Labute approximate surface area is 114 Å². The van der Waals surface area contributed by atoms with Gasteiger partial charge in [0.1, 0.15) is 5.75 Å². The highest BCUT2D eigenvalue weighted by Crippen LogP contribution is 2.39. The summed E-state index contributed by atoms with van der Waals surface area (Å²) in [4.78, 5) is 0. The number of rotatable bonds is 7. The van der Waals surface area contributed by atoms with Gasteiger partial charge in [-0.05, 0) is 25.5 Å². The molecule has 0 aromatic heterocycles. The van der Waals surface area contributed by atoms with Gasteiger partial charge in [-0.15, -0.1) is 13.2 Å². The quantitative estimate of drug-likeness (QED) is 0.786. The van der Waals surface area contributed by atoms with Gasteiger partial charge in [0.05, 0.1) is 6.61 Å². The van der Waals surface area contributed by atoms with Crippen LogP contribution in [-0.2, 0) is 10.4 Å². The summed E-state index contributed by atoms with van der Waals surface area (Å²) in [7, 11) is 1.28. The minimum atomic E-state index is -4.88. The second-order valence-electron chi connectivity index (χ2n) is 4.33. The van der Waals surface area contributed by atoms with Gasteiger partial charge in [-0.25, -0.2) is 4.39 Å². The van der Waals surface area contributed by atoms with Gasteiger partial charge >= 0.3 is 6.36 Å². The predicted molar refractivity (Wildman–Crippen MR) is 66.1 cm³/mol. The van der Waals surface area contributed by atoms with Crippen molar-refractivity contribution in [2.24, 2.45) is 5.73 Å². The number of ether oxygens (including phenoxy) is 2. The van der Waals surface area contributed by atoms with Crippen LogP contribution in [0.15, 0.2) is 24.3 Å². The Balaban J connectivity index is 3.12. The maximum atomic E-state index is 14.9. The van der Waals surface area contributed by atoms with Gasteiger partial charge in [0.15, 0.2) is 5.67 Å². The van der Waals surface area contributed by atoms with Crippen molar-refractivity contribution >= 4 is 0 Å².